The fourth-order valence-electron chi connectivity index (χ4n) is 2.02. The van der Waals surface area contributed by atoms with E-state index in [1.54, 1.807) is 22.1 Å². The van der Waals surface area contributed by atoms with E-state index in [1.165, 1.54) is 17.8 Å². The molecule has 5 nitrogen and oxygen atoms in total. The Bertz CT molecular complexity index is 600. The molecule has 0 bridgehead atoms. The summed E-state index contributed by atoms with van der Waals surface area (Å²) in [7, 11) is 0. The van der Waals surface area contributed by atoms with Gasteiger partial charge in [0.2, 0.25) is 0 Å². The van der Waals surface area contributed by atoms with Crippen LogP contribution in [0.3, 0.4) is 0 Å². The van der Waals surface area contributed by atoms with E-state index in [1.807, 2.05) is 11.6 Å². The lowest BCUT2D eigenvalue weighted by atomic mass is 10.4. The van der Waals surface area contributed by atoms with Crippen molar-refractivity contribution in [3.8, 4) is 0 Å². The molecule has 2 aromatic heterocycles. The van der Waals surface area contributed by atoms with E-state index >= 15 is 0 Å². The maximum absolute atomic E-state index is 12.0. The summed E-state index contributed by atoms with van der Waals surface area (Å²) in [4.78, 5) is 16.5. The van der Waals surface area contributed by atoms with Gasteiger partial charge in [-0.1, -0.05) is 6.92 Å². The SMILES string of the molecule is CCCn1ccc(C(=O)NCc2csc(C3CC3)n2)n1. The molecule has 6 heteroatoms. The largest absolute Gasteiger partial charge is 0.345 e. The lowest BCUT2D eigenvalue weighted by molar-refractivity contribution is 0.0944. The van der Waals surface area contributed by atoms with Gasteiger partial charge in [0.05, 0.1) is 17.2 Å². The standard InChI is InChI=1S/C14H18N4OS/c1-2-6-18-7-5-12(17-18)13(19)15-8-11-9-20-14(16-11)10-3-4-10/h5,7,9-10H,2-4,6,8H2,1H3,(H,15,19). The van der Waals surface area contributed by atoms with Crippen LogP contribution < -0.4 is 5.32 Å². The van der Waals surface area contributed by atoms with Crippen molar-refractivity contribution >= 4 is 17.2 Å². The summed E-state index contributed by atoms with van der Waals surface area (Å²) in [6, 6.07) is 1.75. The fraction of sp³-hybridized carbons (Fsp3) is 0.500. The van der Waals surface area contributed by atoms with Gasteiger partial charge in [0.15, 0.2) is 0 Å². The lowest BCUT2D eigenvalue weighted by Gasteiger charge is -2.00. The normalized spacial score (nSPS) is 14.4. The van der Waals surface area contributed by atoms with Gasteiger partial charge < -0.3 is 5.32 Å². The number of nitrogens with zero attached hydrogens (tertiary/aromatic N) is 3. The smallest absolute Gasteiger partial charge is 0.272 e. The molecular formula is C14H18N4OS. The highest BCUT2D eigenvalue weighted by Crippen LogP contribution is 2.41. The highest BCUT2D eigenvalue weighted by Gasteiger charge is 2.26. The van der Waals surface area contributed by atoms with Crippen LogP contribution in [-0.2, 0) is 13.1 Å². The molecule has 0 spiro atoms. The van der Waals surface area contributed by atoms with Crippen LogP contribution in [0.25, 0.3) is 0 Å². The van der Waals surface area contributed by atoms with Crippen molar-refractivity contribution in [1.82, 2.24) is 20.1 Å². The maximum Gasteiger partial charge on any atom is 0.272 e. The number of rotatable bonds is 6. The molecule has 20 heavy (non-hydrogen) atoms. The zero-order chi connectivity index (χ0) is 13.9. The first-order valence-electron chi connectivity index (χ1n) is 7.02. The van der Waals surface area contributed by atoms with Crippen molar-refractivity contribution in [1.29, 1.82) is 0 Å². The highest BCUT2D eigenvalue weighted by molar-refractivity contribution is 7.09. The molecule has 2 heterocycles. The van der Waals surface area contributed by atoms with Crippen molar-refractivity contribution in [3.05, 3.63) is 34.0 Å². The van der Waals surface area contributed by atoms with Gasteiger partial charge in [-0.3, -0.25) is 9.48 Å². The van der Waals surface area contributed by atoms with Gasteiger partial charge in [0.25, 0.3) is 5.91 Å². The number of thiazole rings is 1. The summed E-state index contributed by atoms with van der Waals surface area (Å²) in [5, 5.41) is 10.4. The van der Waals surface area contributed by atoms with Gasteiger partial charge in [-0.25, -0.2) is 4.98 Å². The molecule has 106 valence electrons. The topological polar surface area (TPSA) is 59.8 Å². The van der Waals surface area contributed by atoms with Gasteiger partial charge >= 0.3 is 0 Å². The van der Waals surface area contributed by atoms with Gasteiger partial charge in [-0.05, 0) is 25.3 Å². The number of hydrogen-bond donors (Lipinski definition) is 1. The zero-order valence-corrected chi connectivity index (χ0v) is 12.3. The molecule has 0 radical (unpaired) electrons. The summed E-state index contributed by atoms with van der Waals surface area (Å²) < 4.78 is 1.79. The first kappa shape index (κ1) is 13.3. The Balaban J connectivity index is 1.54. The molecule has 0 atom stereocenters. The highest BCUT2D eigenvalue weighted by atomic mass is 32.1. The Morgan fingerprint density at radius 1 is 1.55 bits per heavy atom. The summed E-state index contributed by atoms with van der Waals surface area (Å²) in [5.74, 6) is 0.537. The van der Waals surface area contributed by atoms with E-state index in [-0.39, 0.29) is 5.91 Å². The first-order chi connectivity index (χ1) is 9.76. The first-order valence-corrected chi connectivity index (χ1v) is 7.90. The minimum atomic E-state index is -0.138. The Kier molecular flexibility index (Phi) is 3.82. The lowest BCUT2D eigenvalue weighted by Crippen LogP contribution is -2.23. The third-order valence-electron chi connectivity index (χ3n) is 3.25. The number of carbonyl (C=O) groups excluding carboxylic acids is 1. The van der Waals surface area contributed by atoms with Crippen LogP contribution >= 0.6 is 11.3 Å². The second-order valence-electron chi connectivity index (χ2n) is 5.10. The van der Waals surface area contributed by atoms with Crippen molar-refractivity contribution in [3.63, 3.8) is 0 Å². The van der Waals surface area contributed by atoms with Gasteiger partial charge in [0, 0.05) is 24.0 Å². The van der Waals surface area contributed by atoms with Gasteiger partial charge in [-0.2, -0.15) is 5.10 Å². The molecule has 1 fully saturated rings. The number of carbonyl (C=O) groups is 1. The van der Waals surface area contributed by atoms with Crippen molar-refractivity contribution in [2.75, 3.05) is 0 Å². The Morgan fingerprint density at radius 3 is 3.15 bits per heavy atom. The van der Waals surface area contributed by atoms with Crippen molar-refractivity contribution < 1.29 is 4.79 Å². The van der Waals surface area contributed by atoms with Crippen LogP contribution in [-0.4, -0.2) is 20.7 Å². The number of aromatic nitrogens is 3. The average molecular weight is 290 g/mol. The van der Waals surface area contributed by atoms with Crippen LogP contribution in [0.4, 0.5) is 0 Å². The zero-order valence-electron chi connectivity index (χ0n) is 11.5. The van der Waals surface area contributed by atoms with Crippen LogP contribution in [0, 0.1) is 0 Å². The van der Waals surface area contributed by atoms with E-state index in [4.69, 9.17) is 0 Å². The molecule has 0 aromatic carbocycles. The van der Waals surface area contributed by atoms with E-state index in [0.29, 0.717) is 18.2 Å². The fourth-order valence-corrected chi connectivity index (χ4v) is 3.01. The van der Waals surface area contributed by atoms with Crippen LogP contribution in [0.2, 0.25) is 0 Å². The summed E-state index contributed by atoms with van der Waals surface area (Å²) in [6.45, 7) is 3.40. The minimum absolute atomic E-state index is 0.138. The summed E-state index contributed by atoms with van der Waals surface area (Å²) >= 11 is 1.70. The Labute approximate surface area is 122 Å². The minimum Gasteiger partial charge on any atom is -0.345 e. The predicted molar refractivity (Wildman–Crippen MR) is 77.8 cm³/mol. The Hall–Kier alpha value is -1.69. The van der Waals surface area contributed by atoms with E-state index in [0.717, 1.165) is 18.7 Å². The third kappa shape index (κ3) is 3.07. The molecule has 1 saturated carbocycles. The van der Waals surface area contributed by atoms with E-state index in [2.05, 4.69) is 22.3 Å². The number of nitrogens with one attached hydrogen (secondary N) is 1. The summed E-state index contributed by atoms with van der Waals surface area (Å²) in [5.41, 5.74) is 1.41. The van der Waals surface area contributed by atoms with Gasteiger partial charge in [-0.15, -0.1) is 11.3 Å². The number of hydrogen-bond acceptors (Lipinski definition) is 4. The quantitative estimate of drug-likeness (QED) is 0.889. The van der Waals surface area contributed by atoms with E-state index < -0.39 is 0 Å². The van der Waals surface area contributed by atoms with Crippen LogP contribution in [0.1, 0.15) is 53.3 Å². The molecule has 0 unspecified atom stereocenters. The van der Waals surface area contributed by atoms with Gasteiger partial charge in [0.1, 0.15) is 5.69 Å². The molecule has 0 saturated heterocycles. The molecule has 0 aliphatic heterocycles. The molecule has 1 N–H and O–H groups in total. The van der Waals surface area contributed by atoms with Crippen LogP contribution in [0.15, 0.2) is 17.6 Å². The van der Waals surface area contributed by atoms with E-state index in [9.17, 15) is 4.79 Å². The molecule has 1 aliphatic rings. The number of aryl methyl sites for hydroxylation is 1. The van der Waals surface area contributed by atoms with Crippen LogP contribution in [0.5, 0.6) is 0 Å². The molecule has 1 amide bonds. The average Bonchev–Trinajstić information content (AvgIpc) is 3.01. The Morgan fingerprint density at radius 2 is 2.40 bits per heavy atom. The van der Waals surface area contributed by atoms with Crippen molar-refractivity contribution in [2.45, 2.75) is 45.2 Å². The maximum atomic E-state index is 12.0. The number of amides is 1. The summed E-state index contributed by atoms with van der Waals surface area (Å²) in [6.07, 6.45) is 5.36. The monoisotopic (exact) mass is 290 g/mol. The molecule has 2 aromatic rings. The second-order valence-corrected chi connectivity index (χ2v) is 5.99. The van der Waals surface area contributed by atoms with Crippen molar-refractivity contribution in [2.24, 2.45) is 0 Å². The predicted octanol–water partition coefficient (Wildman–Crippen LogP) is 2.56. The molecule has 3 rings (SSSR count). The third-order valence-corrected chi connectivity index (χ3v) is 4.31. The molecule has 1 aliphatic carbocycles. The molecular weight excluding hydrogens is 272 g/mol. The second kappa shape index (κ2) is 5.75.